The Hall–Kier alpha value is -1.86. The number of hydrogen-bond donors (Lipinski definition) is 0. The van der Waals surface area contributed by atoms with Crippen molar-refractivity contribution in [3.8, 4) is 0 Å². The quantitative estimate of drug-likeness (QED) is 0.440. The van der Waals surface area contributed by atoms with Crippen LogP contribution in [-0.4, -0.2) is 62.7 Å². The molecule has 2 atom stereocenters. The van der Waals surface area contributed by atoms with E-state index >= 15 is 0 Å². The molecule has 0 aliphatic carbocycles. The lowest BCUT2D eigenvalue weighted by molar-refractivity contribution is -0.130. The summed E-state index contributed by atoms with van der Waals surface area (Å²) in [5.41, 5.74) is 0.659. The van der Waals surface area contributed by atoms with Gasteiger partial charge in [-0.05, 0) is 58.1 Å². The van der Waals surface area contributed by atoms with E-state index in [2.05, 4.69) is 46.4 Å². The van der Waals surface area contributed by atoms with Crippen LogP contribution >= 0.6 is 11.8 Å². The summed E-state index contributed by atoms with van der Waals surface area (Å²) >= 11 is 1.39. The van der Waals surface area contributed by atoms with Gasteiger partial charge in [-0.2, -0.15) is 0 Å². The fourth-order valence-corrected chi connectivity index (χ4v) is 5.80. The fourth-order valence-electron chi connectivity index (χ4n) is 4.87. The number of carbonyl (C=O) groups is 1. The van der Waals surface area contributed by atoms with Crippen molar-refractivity contribution in [2.75, 3.05) is 25.4 Å². The van der Waals surface area contributed by atoms with Gasteiger partial charge in [0.05, 0.1) is 16.7 Å². The molecule has 6 nitrogen and oxygen atoms in total. The smallest absolute Gasteiger partial charge is 0.262 e. The maximum absolute atomic E-state index is 13.3. The van der Waals surface area contributed by atoms with Crippen molar-refractivity contribution in [3.63, 3.8) is 0 Å². The topological polar surface area (TPSA) is 58.4 Å². The highest BCUT2D eigenvalue weighted by atomic mass is 32.2. The number of rotatable bonds is 8. The predicted octanol–water partition coefficient (Wildman–Crippen LogP) is 4.11. The zero-order chi connectivity index (χ0) is 23.4. The molecular formula is C25H38N4O2S. The minimum atomic E-state index is -0.0294. The fraction of sp³-hybridized carbons (Fsp3) is 0.640. The second-order valence-electron chi connectivity index (χ2n) is 9.83. The van der Waals surface area contributed by atoms with Crippen molar-refractivity contribution in [1.29, 1.82) is 0 Å². The van der Waals surface area contributed by atoms with Gasteiger partial charge in [-0.1, -0.05) is 37.7 Å². The molecule has 2 aromatic rings. The van der Waals surface area contributed by atoms with E-state index in [0.717, 1.165) is 19.6 Å². The monoisotopic (exact) mass is 458 g/mol. The molecule has 1 fully saturated rings. The van der Waals surface area contributed by atoms with E-state index in [1.165, 1.54) is 18.2 Å². The van der Waals surface area contributed by atoms with Crippen LogP contribution in [0, 0.1) is 11.8 Å². The number of hydrogen-bond acceptors (Lipinski definition) is 5. The molecule has 0 saturated carbocycles. The number of likely N-dealkylation sites (tertiary alicyclic amines) is 1. The summed E-state index contributed by atoms with van der Waals surface area (Å²) in [6.07, 6.45) is 1.17. The number of piperidine rings is 1. The molecule has 1 amide bonds. The second-order valence-corrected chi connectivity index (χ2v) is 10.8. The Labute approximate surface area is 196 Å². The number of nitrogens with zero attached hydrogens (tertiary/aromatic N) is 4. The minimum Gasteiger partial charge on any atom is -0.341 e. The standard InChI is InChI=1S/C25H38N4O2S/c1-17(2)28(18(3)4)11-12-29-24(31)21-9-7-8-10-22(21)26-25(29)32-16-23(30)27-14-19(5)13-20(6)15-27/h7-10,17-20H,11-16H2,1-6H3. The number of thioether (sulfide) groups is 1. The zero-order valence-electron chi connectivity index (χ0n) is 20.4. The van der Waals surface area contributed by atoms with Gasteiger partial charge in [0.2, 0.25) is 5.91 Å². The average Bonchev–Trinajstić information content (AvgIpc) is 2.72. The van der Waals surface area contributed by atoms with Crippen LogP contribution in [0.1, 0.15) is 48.0 Å². The van der Waals surface area contributed by atoms with Gasteiger partial charge in [-0.25, -0.2) is 4.98 Å². The van der Waals surface area contributed by atoms with E-state index in [1.807, 2.05) is 29.2 Å². The number of fused-ring (bicyclic) bond motifs is 1. The molecule has 1 aliphatic heterocycles. The van der Waals surface area contributed by atoms with Gasteiger partial charge in [-0.3, -0.25) is 19.1 Å². The van der Waals surface area contributed by atoms with E-state index in [4.69, 9.17) is 4.98 Å². The summed E-state index contributed by atoms with van der Waals surface area (Å²) < 4.78 is 1.76. The summed E-state index contributed by atoms with van der Waals surface area (Å²) in [5, 5.41) is 1.26. The Bertz CT molecular complexity index is 970. The highest BCUT2D eigenvalue weighted by Gasteiger charge is 2.26. The third kappa shape index (κ3) is 5.93. The first-order valence-corrected chi connectivity index (χ1v) is 12.8. The van der Waals surface area contributed by atoms with Crippen LogP contribution in [0.15, 0.2) is 34.2 Å². The Balaban J connectivity index is 1.83. The first kappa shape index (κ1) is 24.8. The first-order chi connectivity index (χ1) is 15.2. The van der Waals surface area contributed by atoms with Gasteiger partial charge in [0.25, 0.3) is 5.56 Å². The van der Waals surface area contributed by atoms with Crippen molar-refractivity contribution in [2.45, 2.75) is 71.7 Å². The normalized spacial score (nSPS) is 19.5. The maximum atomic E-state index is 13.3. The third-order valence-electron chi connectivity index (χ3n) is 6.28. The lowest BCUT2D eigenvalue weighted by Crippen LogP contribution is -2.43. The Kier molecular flexibility index (Phi) is 8.39. The van der Waals surface area contributed by atoms with Gasteiger partial charge in [0.15, 0.2) is 5.16 Å². The van der Waals surface area contributed by atoms with Crippen LogP contribution in [0.4, 0.5) is 0 Å². The van der Waals surface area contributed by atoms with Crippen molar-refractivity contribution in [1.82, 2.24) is 19.4 Å². The molecule has 0 N–H and O–H groups in total. The van der Waals surface area contributed by atoms with Crippen LogP contribution < -0.4 is 5.56 Å². The van der Waals surface area contributed by atoms with Crippen molar-refractivity contribution in [3.05, 3.63) is 34.6 Å². The number of amides is 1. The Morgan fingerprint density at radius 1 is 1.12 bits per heavy atom. The SMILES string of the molecule is CC1CC(C)CN(C(=O)CSc2nc3ccccc3c(=O)n2CCN(C(C)C)C(C)C)C1. The van der Waals surface area contributed by atoms with Crippen LogP contribution in [0.25, 0.3) is 10.9 Å². The third-order valence-corrected chi connectivity index (χ3v) is 7.24. The number of carbonyl (C=O) groups excluding carboxylic acids is 1. The molecule has 1 aromatic heterocycles. The van der Waals surface area contributed by atoms with Gasteiger partial charge < -0.3 is 4.90 Å². The van der Waals surface area contributed by atoms with Crippen molar-refractivity contribution < 1.29 is 4.79 Å². The van der Waals surface area contributed by atoms with Gasteiger partial charge in [0.1, 0.15) is 0 Å². The molecule has 2 heterocycles. The summed E-state index contributed by atoms with van der Waals surface area (Å²) in [6.45, 7) is 16.1. The summed E-state index contributed by atoms with van der Waals surface area (Å²) in [4.78, 5) is 35.4. The van der Waals surface area contributed by atoms with Gasteiger partial charge in [0, 0.05) is 38.3 Å². The highest BCUT2D eigenvalue weighted by molar-refractivity contribution is 7.99. The predicted molar refractivity (Wildman–Crippen MR) is 133 cm³/mol. The Morgan fingerprint density at radius 2 is 1.75 bits per heavy atom. The van der Waals surface area contributed by atoms with Gasteiger partial charge >= 0.3 is 0 Å². The molecule has 3 rings (SSSR count). The van der Waals surface area contributed by atoms with Crippen LogP contribution in [0.5, 0.6) is 0 Å². The highest BCUT2D eigenvalue weighted by Crippen LogP contribution is 2.23. The molecule has 7 heteroatoms. The summed E-state index contributed by atoms with van der Waals surface area (Å²) in [6, 6.07) is 8.25. The molecule has 2 unspecified atom stereocenters. The molecule has 1 aliphatic rings. The van der Waals surface area contributed by atoms with Crippen molar-refractivity contribution >= 4 is 28.6 Å². The van der Waals surface area contributed by atoms with E-state index in [9.17, 15) is 9.59 Å². The van der Waals surface area contributed by atoms with E-state index < -0.39 is 0 Å². The van der Waals surface area contributed by atoms with E-state index in [0.29, 0.717) is 52.3 Å². The largest absolute Gasteiger partial charge is 0.341 e. The molecule has 176 valence electrons. The van der Waals surface area contributed by atoms with Crippen LogP contribution in [0.2, 0.25) is 0 Å². The number of benzene rings is 1. The lowest BCUT2D eigenvalue weighted by atomic mass is 9.92. The second kappa shape index (κ2) is 10.8. The van der Waals surface area contributed by atoms with E-state index in [-0.39, 0.29) is 11.5 Å². The van der Waals surface area contributed by atoms with Crippen LogP contribution in [-0.2, 0) is 11.3 Å². The number of para-hydroxylation sites is 1. The molecular weight excluding hydrogens is 420 g/mol. The summed E-state index contributed by atoms with van der Waals surface area (Å²) in [5.74, 6) is 1.50. The average molecular weight is 459 g/mol. The van der Waals surface area contributed by atoms with E-state index in [1.54, 1.807) is 4.57 Å². The first-order valence-electron chi connectivity index (χ1n) is 11.8. The molecule has 0 radical (unpaired) electrons. The maximum Gasteiger partial charge on any atom is 0.262 e. The minimum absolute atomic E-state index is 0.0294. The summed E-state index contributed by atoms with van der Waals surface area (Å²) in [7, 11) is 0. The Morgan fingerprint density at radius 3 is 2.38 bits per heavy atom. The molecule has 0 spiro atoms. The molecule has 32 heavy (non-hydrogen) atoms. The molecule has 0 bridgehead atoms. The van der Waals surface area contributed by atoms with Gasteiger partial charge in [-0.15, -0.1) is 0 Å². The van der Waals surface area contributed by atoms with Crippen molar-refractivity contribution in [2.24, 2.45) is 11.8 Å². The number of aromatic nitrogens is 2. The zero-order valence-corrected chi connectivity index (χ0v) is 21.2. The molecule has 1 aromatic carbocycles. The lowest BCUT2D eigenvalue weighted by Gasteiger charge is -2.35. The molecule has 1 saturated heterocycles. The van der Waals surface area contributed by atoms with Crippen LogP contribution in [0.3, 0.4) is 0 Å².